The summed E-state index contributed by atoms with van der Waals surface area (Å²) in [4.78, 5) is 12.8. The molecule has 0 aliphatic rings. The number of sulfonamides is 1. The zero-order valence-electron chi connectivity index (χ0n) is 11.8. The van der Waals surface area contributed by atoms with E-state index in [2.05, 4.69) is 4.72 Å². The molecule has 112 valence electrons. The van der Waals surface area contributed by atoms with Crippen molar-refractivity contribution >= 4 is 16.0 Å². The molecular weight excluding hydrogens is 280 g/mol. The molecule has 0 fully saturated rings. The molecule has 0 amide bonds. The average molecular weight is 300 g/mol. The van der Waals surface area contributed by atoms with E-state index in [0.717, 1.165) is 6.07 Å². The van der Waals surface area contributed by atoms with Crippen molar-refractivity contribution in [1.29, 1.82) is 0 Å². The number of aromatic carboxylic acids is 1. The summed E-state index contributed by atoms with van der Waals surface area (Å²) in [7, 11) is -1.77. The van der Waals surface area contributed by atoms with E-state index in [4.69, 9.17) is 5.11 Å². The second kappa shape index (κ2) is 6.83. The first-order valence-corrected chi connectivity index (χ1v) is 7.75. The number of nitrogens with one attached hydrogen (secondary N) is 1. The van der Waals surface area contributed by atoms with E-state index >= 15 is 0 Å². The van der Waals surface area contributed by atoms with Gasteiger partial charge < -0.3 is 10.0 Å². The number of carboxylic acids is 1. The van der Waals surface area contributed by atoms with Gasteiger partial charge in [-0.15, -0.1) is 0 Å². The summed E-state index contributed by atoms with van der Waals surface area (Å²) < 4.78 is 26.5. The lowest BCUT2D eigenvalue weighted by atomic mass is 10.2. The van der Waals surface area contributed by atoms with Crippen molar-refractivity contribution in [3.8, 4) is 0 Å². The molecule has 1 rings (SSSR count). The molecule has 20 heavy (non-hydrogen) atoms. The van der Waals surface area contributed by atoms with Crippen LogP contribution in [0.2, 0.25) is 0 Å². The molecule has 6 nitrogen and oxygen atoms in total. The molecule has 0 heterocycles. The Balaban J connectivity index is 2.74. The van der Waals surface area contributed by atoms with Crippen LogP contribution in [0.4, 0.5) is 0 Å². The highest BCUT2D eigenvalue weighted by Gasteiger charge is 2.16. The van der Waals surface area contributed by atoms with Crippen LogP contribution < -0.4 is 4.72 Å². The first-order chi connectivity index (χ1) is 9.24. The summed E-state index contributed by atoms with van der Waals surface area (Å²) in [6.45, 7) is 4.89. The Kier molecular flexibility index (Phi) is 5.67. The summed E-state index contributed by atoms with van der Waals surface area (Å²) in [6, 6.07) is 5.62. The minimum atomic E-state index is -3.68. The molecule has 2 N–H and O–H groups in total. The molecule has 0 bridgehead atoms. The number of carbonyl (C=O) groups is 1. The van der Waals surface area contributed by atoms with E-state index in [1.807, 2.05) is 25.8 Å². The largest absolute Gasteiger partial charge is 0.478 e. The lowest BCUT2D eigenvalue weighted by Gasteiger charge is -2.20. The highest BCUT2D eigenvalue weighted by atomic mass is 32.2. The fraction of sp³-hybridized carbons (Fsp3) is 0.462. The Morgan fingerprint density at radius 2 is 2.05 bits per heavy atom. The van der Waals surface area contributed by atoms with Gasteiger partial charge in [-0.05, 0) is 39.1 Å². The maximum Gasteiger partial charge on any atom is 0.335 e. The zero-order chi connectivity index (χ0) is 15.3. The van der Waals surface area contributed by atoms with Gasteiger partial charge in [-0.2, -0.15) is 0 Å². The van der Waals surface area contributed by atoms with Crippen molar-refractivity contribution in [3.63, 3.8) is 0 Å². The molecule has 0 saturated heterocycles. The van der Waals surface area contributed by atoms with E-state index < -0.39 is 16.0 Å². The van der Waals surface area contributed by atoms with Gasteiger partial charge in [0.1, 0.15) is 0 Å². The van der Waals surface area contributed by atoms with Crippen LogP contribution in [0.5, 0.6) is 0 Å². The van der Waals surface area contributed by atoms with Crippen LogP contribution in [-0.2, 0) is 10.0 Å². The summed E-state index contributed by atoms with van der Waals surface area (Å²) in [5, 5.41) is 8.86. The molecule has 0 aliphatic carbocycles. The average Bonchev–Trinajstić information content (AvgIpc) is 2.38. The van der Waals surface area contributed by atoms with Crippen LogP contribution in [0.3, 0.4) is 0 Å². The highest BCUT2D eigenvalue weighted by molar-refractivity contribution is 7.89. The fourth-order valence-electron chi connectivity index (χ4n) is 1.49. The summed E-state index contributed by atoms with van der Waals surface area (Å²) in [6.07, 6.45) is 0. The maximum absolute atomic E-state index is 12.0. The molecular formula is C13H20N2O4S. The number of likely N-dealkylation sites (N-methyl/N-ethyl adjacent to an activating group) is 1. The third-order valence-electron chi connectivity index (χ3n) is 3.03. The fourth-order valence-corrected chi connectivity index (χ4v) is 2.56. The topological polar surface area (TPSA) is 86.7 Å². The van der Waals surface area contributed by atoms with Gasteiger partial charge in [-0.25, -0.2) is 17.9 Å². The van der Waals surface area contributed by atoms with Gasteiger partial charge in [0, 0.05) is 19.1 Å². The van der Waals surface area contributed by atoms with Crippen molar-refractivity contribution in [2.75, 3.05) is 20.1 Å². The number of rotatable bonds is 7. The minimum absolute atomic E-state index is 0.0374. The summed E-state index contributed by atoms with van der Waals surface area (Å²) in [5.41, 5.74) is -0.0489. The van der Waals surface area contributed by atoms with Crippen LogP contribution in [-0.4, -0.2) is 50.6 Å². The number of benzene rings is 1. The van der Waals surface area contributed by atoms with E-state index in [-0.39, 0.29) is 17.0 Å². The van der Waals surface area contributed by atoms with Crippen molar-refractivity contribution in [2.24, 2.45) is 0 Å². The summed E-state index contributed by atoms with van der Waals surface area (Å²) >= 11 is 0. The minimum Gasteiger partial charge on any atom is -0.478 e. The van der Waals surface area contributed by atoms with Crippen LogP contribution in [0.1, 0.15) is 24.2 Å². The highest BCUT2D eigenvalue weighted by Crippen LogP contribution is 2.11. The van der Waals surface area contributed by atoms with Gasteiger partial charge in [-0.3, -0.25) is 0 Å². The standard InChI is InChI=1S/C13H20N2O4S/c1-10(2)15(3)8-7-14-20(18,19)12-6-4-5-11(9-12)13(16)17/h4-6,9-10,14H,7-8H2,1-3H3,(H,16,17). The Hall–Kier alpha value is -1.44. The number of nitrogens with zero attached hydrogens (tertiary/aromatic N) is 1. The Bertz CT molecular complexity index is 569. The van der Waals surface area contributed by atoms with Gasteiger partial charge in [0.25, 0.3) is 0 Å². The maximum atomic E-state index is 12.0. The first kappa shape index (κ1) is 16.6. The quantitative estimate of drug-likeness (QED) is 0.784. The lowest BCUT2D eigenvalue weighted by Crippen LogP contribution is -2.36. The predicted octanol–water partition coefficient (Wildman–Crippen LogP) is 1.00. The SMILES string of the molecule is CC(C)N(C)CCNS(=O)(=O)c1cccc(C(=O)O)c1. The molecule has 0 saturated carbocycles. The van der Waals surface area contributed by atoms with E-state index in [0.29, 0.717) is 12.6 Å². The number of hydrogen-bond acceptors (Lipinski definition) is 4. The lowest BCUT2D eigenvalue weighted by molar-refractivity contribution is 0.0696. The van der Waals surface area contributed by atoms with Crippen molar-refractivity contribution in [2.45, 2.75) is 24.8 Å². The van der Waals surface area contributed by atoms with Crippen LogP contribution >= 0.6 is 0 Å². The third kappa shape index (κ3) is 4.59. The van der Waals surface area contributed by atoms with Crippen molar-refractivity contribution < 1.29 is 18.3 Å². The first-order valence-electron chi connectivity index (χ1n) is 6.27. The number of carboxylic acid groups (broad SMARTS) is 1. The Labute approximate surface area is 119 Å². The molecule has 0 aromatic heterocycles. The number of hydrogen-bond donors (Lipinski definition) is 2. The second-order valence-electron chi connectivity index (χ2n) is 4.81. The van der Waals surface area contributed by atoms with Gasteiger partial charge in [-0.1, -0.05) is 6.07 Å². The molecule has 1 aromatic rings. The van der Waals surface area contributed by atoms with Crippen molar-refractivity contribution in [1.82, 2.24) is 9.62 Å². The van der Waals surface area contributed by atoms with E-state index in [1.54, 1.807) is 0 Å². The van der Waals surface area contributed by atoms with Crippen molar-refractivity contribution in [3.05, 3.63) is 29.8 Å². The van der Waals surface area contributed by atoms with Crippen LogP contribution in [0.15, 0.2) is 29.2 Å². The molecule has 0 aliphatic heterocycles. The van der Waals surface area contributed by atoms with Gasteiger partial charge >= 0.3 is 5.97 Å². The van der Waals surface area contributed by atoms with E-state index in [9.17, 15) is 13.2 Å². The zero-order valence-corrected chi connectivity index (χ0v) is 12.6. The normalized spacial score (nSPS) is 12.1. The van der Waals surface area contributed by atoms with E-state index in [1.165, 1.54) is 18.2 Å². The Morgan fingerprint density at radius 3 is 2.60 bits per heavy atom. The third-order valence-corrected chi connectivity index (χ3v) is 4.49. The molecule has 0 radical (unpaired) electrons. The van der Waals surface area contributed by atoms with Crippen LogP contribution in [0, 0.1) is 0 Å². The summed E-state index contributed by atoms with van der Waals surface area (Å²) in [5.74, 6) is -1.15. The molecule has 0 unspecified atom stereocenters. The second-order valence-corrected chi connectivity index (χ2v) is 6.57. The van der Waals surface area contributed by atoms with Crippen LogP contribution in [0.25, 0.3) is 0 Å². The van der Waals surface area contributed by atoms with Gasteiger partial charge in [0.2, 0.25) is 10.0 Å². The molecule has 7 heteroatoms. The smallest absolute Gasteiger partial charge is 0.335 e. The van der Waals surface area contributed by atoms with Gasteiger partial charge in [0.05, 0.1) is 10.5 Å². The molecule has 0 spiro atoms. The predicted molar refractivity (Wildman–Crippen MR) is 76.4 cm³/mol. The Morgan fingerprint density at radius 1 is 1.40 bits per heavy atom. The van der Waals surface area contributed by atoms with Gasteiger partial charge in [0.15, 0.2) is 0 Å². The molecule has 1 aromatic carbocycles. The monoisotopic (exact) mass is 300 g/mol. The molecule has 0 atom stereocenters.